The van der Waals surface area contributed by atoms with Gasteiger partial charge in [0.25, 0.3) is 0 Å². The van der Waals surface area contributed by atoms with Crippen LogP contribution in [0, 0.1) is 0 Å². The third kappa shape index (κ3) is 2.85. The highest BCUT2D eigenvalue weighted by molar-refractivity contribution is 7.12. The molecule has 0 amide bonds. The molecule has 0 aliphatic carbocycles. The second kappa shape index (κ2) is 4.76. The van der Waals surface area contributed by atoms with Crippen molar-refractivity contribution in [2.24, 2.45) is 5.16 Å². The second-order valence-corrected chi connectivity index (χ2v) is 3.81. The number of carboxylic acid groups (broad SMARTS) is 1. The molecular formula is C9H11NO3S. The normalized spacial score (nSPS) is 9.57. The molecule has 0 fully saturated rings. The predicted molar refractivity (Wildman–Crippen MR) is 54.9 cm³/mol. The maximum absolute atomic E-state index is 10.7. The number of carbonyl (C=O) groups is 1. The highest BCUT2D eigenvalue weighted by Crippen LogP contribution is 2.17. The molecule has 14 heavy (non-hydrogen) atoms. The smallest absolute Gasteiger partial charge is 0.346 e. The van der Waals surface area contributed by atoms with Crippen LogP contribution in [0.15, 0.2) is 16.6 Å². The summed E-state index contributed by atoms with van der Waals surface area (Å²) < 4.78 is 0. The van der Waals surface area contributed by atoms with Crippen LogP contribution >= 0.6 is 11.3 Å². The minimum absolute atomic E-state index is 0.205. The molecule has 0 saturated heterocycles. The summed E-state index contributed by atoms with van der Waals surface area (Å²) in [5.74, 6) is -0.921. The van der Waals surface area contributed by atoms with Crippen molar-refractivity contribution in [3.8, 4) is 0 Å². The fourth-order valence-corrected chi connectivity index (χ4v) is 1.62. The number of nitrogens with zero attached hydrogens (tertiary/aromatic N) is 1. The Bertz CT molecular complexity index is 353. The van der Waals surface area contributed by atoms with Crippen LogP contribution in [-0.4, -0.2) is 16.8 Å². The quantitative estimate of drug-likeness (QED) is 0.617. The van der Waals surface area contributed by atoms with Gasteiger partial charge in [0.2, 0.25) is 0 Å². The van der Waals surface area contributed by atoms with Gasteiger partial charge in [-0.25, -0.2) is 4.79 Å². The molecule has 0 radical (unpaired) electrons. The Morgan fingerprint density at radius 1 is 1.64 bits per heavy atom. The number of thiophene rings is 1. The van der Waals surface area contributed by atoms with Gasteiger partial charge in [0.05, 0.1) is 5.71 Å². The lowest BCUT2D eigenvalue weighted by Crippen LogP contribution is -1.98. The number of rotatable bonds is 4. The molecule has 4 nitrogen and oxygen atoms in total. The van der Waals surface area contributed by atoms with E-state index in [9.17, 15) is 4.79 Å². The van der Waals surface area contributed by atoms with Crippen molar-refractivity contribution in [1.82, 2.24) is 0 Å². The Labute approximate surface area is 85.8 Å². The van der Waals surface area contributed by atoms with Crippen LogP contribution < -0.4 is 0 Å². The topological polar surface area (TPSA) is 58.9 Å². The minimum Gasteiger partial charge on any atom is -0.477 e. The van der Waals surface area contributed by atoms with Crippen molar-refractivity contribution in [3.05, 3.63) is 21.9 Å². The summed E-state index contributed by atoms with van der Waals surface area (Å²) in [6, 6.07) is 1.73. The molecule has 0 aromatic carbocycles. The summed E-state index contributed by atoms with van der Waals surface area (Å²) in [6.45, 7) is 3.83. The molecule has 0 bridgehead atoms. The molecule has 0 unspecified atom stereocenters. The summed E-state index contributed by atoms with van der Waals surface area (Å²) in [5.41, 5.74) is 1.46. The van der Waals surface area contributed by atoms with Gasteiger partial charge in [0, 0.05) is 5.56 Å². The van der Waals surface area contributed by atoms with Crippen molar-refractivity contribution in [1.29, 1.82) is 0 Å². The third-order valence-corrected chi connectivity index (χ3v) is 2.35. The van der Waals surface area contributed by atoms with Crippen molar-refractivity contribution >= 4 is 23.0 Å². The van der Waals surface area contributed by atoms with Crippen LogP contribution in [0.4, 0.5) is 0 Å². The van der Waals surface area contributed by atoms with Crippen molar-refractivity contribution in [2.45, 2.75) is 20.5 Å². The lowest BCUT2D eigenvalue weighted by molar-refractivity contribution is 0.0694. The van der Waals surface area contributed by atoms with Crippen LogP contribution in [-0.2, 0) is 11.4 Å². The lowest BCUT2D eigenvalue weighted by Gasteiger charge is -1.99. The fraction of sp³-hybridized carbons (Fsp3) is 0.333. The zero-order chi connectivity index (χ0) is 10.6. The number of hydrogen-bond donors (Lipinski definition) is 1. The van der Waals surface area contributed by atoms with Gasteiger partial charge in [-0.2, -0.15) is 0 Å². The fourth-order valence-electron chi connectivity index (χ4n) is 0.868. The average molecular weight is 213 g/mol. The van der Waals surface area contributed by atoms with E-state index in [1.165, 1.54) is 11.3 Å². The second-order valence-electron chi connectivity index (χ2n) is 2.89. The molecule has 0 atom stereocenters. The zero-order valence-electron chi connectivity index (χ0n) is 7.98. The summed E-state index contributed by atoms with van der Waals surface area (Å²) in [5, 5.41) is 14.2. The number of oxime groups is 1. The molecule has 0 aliphatic heterocycles. The first-order valence-corrected chi connectivity index (χ1v) is 4.92. The summed E-state index contributed by atoms with van der Waals surface area (Å²) in [6.07, 6.45) is 0. The van der Waals surface area contributed by atoms with E-state index >= 15 is 0 Å². The van der Waals surface area contributed by atoms with Gasteiger partial charge in [0.1, 0.15) is 11.5 Å². The van der Waals surface area contributed by atoms with E-state index in [-0.39, 0.29) is 6.61 Å². The van der Waals surface area contributed by atoms with Gasteiger partial charge >= 0.3 is 5.97 Å². The lowest BCUT2D eigenvalue weighted by atomic mass is 10.3. The van der Waals surface area contributed by atoms with Gasteiger partial charge in [0.15, 0.2) is 0 Å². The molecular weight excluding hydrogens is 202 g/mol. The Morgan fingerprint density at radius 3 is 2.93 bits per heavy atom. The van der Waals surface area contributed by atoms with Crippen LogP contribution in [0.5, 0.6) is 0 Å². The van der Waals surface area contributed by atoms with Crippen LogP contribution in [0.1, 0.15) is 29.1 Å². The molecule has 1 rings (SSSR count). The predicted octanol–water partition coefficient (Wildman–Crippen LogP) is 2.36. The van der Waals surface area contributed by atoms with E-state index in [1.54, 1.807) is 11.4 Å². The van der Waals surface area contributed by atoms with E-state index in [4.69, 9.17) is 9.94 Å². The van der Waals surface area contributed by atoms with Gasteiger partial charge in [-0.3, -0.25) is 0 Å². The van der Waals surface area contributed by atoms with Crippen molar-refractivity contribution in [2.75, 3.05) is 0 Å². The summed E-state index contributed by atoms with van der Waals surface area (Å²) in [4.78, 5) is 16.0. The van der Waals surface area contributed by atoms with E-state index in [1.807, 2.05) is 13.8 Å². The third-order valence-electron chi connectivity index (χ3n) is 1.41. The molecule has 1 aromatic heterocycles. The first-order valence-electron chi connectivity index (χ1n) is 4.04. The Balaban J connectivity index is 2.63. The average Bonchev–Trinajstić information content (AvgIpc) is 2.51. The van der Waals surface area contributed by atoms with E-state index in [0.29, 0.717) is 10.4 Å². The van der Waals surface area contributed by atoms with E-state index in [0.717, 1.165) is 5.71 Å². The maximum Gasteiger partial charge on any atom is 0.346 e. The highest BCUT2D eigenvalue weighted by Gasteiger charge is 2.11. The molecule has 1 aromatic rings. The summed E-state index contributed by atoms with van der Waals surface area (Å²) >= 11 is 1.19. The molecule has 1 heterocycles. The first kappa shape index (κ1) is 10.7. The first-order chi connectivity index (χ1) is 6.61. The van der Waals surface area contributed by atoms with Crippen molar-refractivity contribution in [3.63, 3.8) is 0 Å². The largest absolute Gasteiger partial charge is 0.477 e. The molecule has 5 heteroatoms. The van der Waals surface area contributed by atoms with Gasteiger partial charge in [-0.15, -0.1) is 11.3 Å². The van der Waals surface area contributed by atoms with Crippen LogP contribution in [0.2, 0.25) is 0 Å². The maximum atomic E-state index is 10.7. The Morgan fingerprint density at radius 2 is 2.36 bits per heavy atom. The SMILES string of the molecule is CC(C)=NOCc1ccsc1C(=O)O. The minimum atomic E-state index is -0.921. The van der Waals surface area contributed by atoms with Crippen LogP contribution in [0.25, 0.3) is 0 Å². The van der Waals surface area contributed by atoms with Gasteiger partial charge < -0.3 is 9.94 Å². The van der Waals surface area contributed by atoms with Crippen LogP contribution in [0.3, 0.4) is 0 Å². The van der Waals surface area contributed by atoms with Gasteiger partial charge in [-0.1, -0.05) is 5.16 Å². The molecule has 0 spiro atoms. The number of hydrogen-bond acceptors (Lipinski definition) is 4. The van der Waals surface area contributed by atoms with Gasteiger partial charge in [-0.05, 0) is 25.3 Å². The number of carboxylic acids is 1. The highest BCUT2D eigenvalue weighted by atomic mass is 32.1. The van der Waals surface area contributed by atoms with E-state index in [2.05, 4.69) is 5.16 Å². The summed E-state index contributed by atoms with van der Waals surface area (Å²) in [7, 11) is 0. The molecule has 1 N–H and O–H groups in total. The van der Waals surface area contributed by atoms with E-state index < -0.39 is 5.97 Å². The standard InChI is InChI=1S/C9H11NO3S/c1-6(2)10-13-5-7-3-4-14-8(7)9(11)12/h3-4H,5H2,1-2H3,(H,11,12). The Hall–Kier alpha value is -1.36. The van der Waals surface area contributed by atoms with Crippen molar-refractivity contribution < 1.29 is 14.7 Å². The number of aromatic carboxylic acids is 1. The zero-order valence-corrected chi connectivity index (χ0v) is 8.80. The molecule has 0 saturated carbocycles. The molecule has 0 aliphatic rings. The monoisotopic (exact) mass is 213 g/mol. The molecule has 76 valence electrons. The Kier molecular flexibility index (Phi) is 3.64.